The van der Waals surface area contributed by atoms with Crippen molar-refractivity contribution in [3.05, 3.63) is 29.3 Å². The van der Waals surface area contributed by atoms with Gasteiger partial charge in [-0.1, -0.05) is 13.0 Å². The minimum atomic E-state index is -0.766. The fourth-order valence-corrected chi connectivity index (χ4v) is 6.20. The van der Waals surface area contributed by atoms with Crippen LogP contribution < -0.4 is 0 Å². The lowest BCUT2D eigenvalue weighted by Gasteiger charge is -2.50. The first-order valence-electron chi connectivity index (χ1n) is 9.47. The second-order valence-electron chi connectivity index (χ2n) is 8.49. The van der Waals surface area contributed by atoms with Crippen molar-refractivity contribution < 1.29 is 19.8 Å². The SMILES string of the molecule is C[C@]12CCC3c4ccc(O)cc4CCC3C1[C@H](CCC(=O)O)CC2=O. The van der Waals surface area contributed by atoms with Crippen LogP contribution in [0.5, 0.6) is 5.75 Å². The van der Waals surface area contributed by atoms with E-state index >= 15 is 0 Å². The van der Waals surface area contributed by atoms with Crippen LogP contribution >= 0.6 is 0 Å². The van der Waals surface area contributed by atoms with E-state index in [-0.39, 0.29) is 17.8 Å². The molecule has 0 spiro atoms. The Labute approximate surface area is 148 Å². The molecule has 0 aromatic heterocycles. The summed E-state index contributed by atoms with van der Waals surface area (Å²) < 4.78 is 0. The number of Topliss-reactive ketones (excluding diaryl/α,β-unsaturated/α-hetero) is 1. The Bertz CT molecular complexity index is 725. The lowest BCUT2D eigenvalue weighted by atomic mass is 9.54. The first-order chi connectivity index (χ1) is 11.9. The Morgan fingerprint density at radius 2 is 2.12 bits per heavy atom. The van der Waals surface area contributed by atoms with E-state index < -0.39 is 5.97 Å². The Kier molecular flexibility index (Phi) is 3.89. The van der Waals surface area contributed by atoms with Gasteiger partial charge >= 0.3 is 5.97 Å². The molecule has 3 unspecified atom stereocenters. The predicted octanol–water partition coefficient (Wildman–Crippen LogP) is 3.91. The van der Waals surface area contributed by atoms with Crippen molar-refractivity contribution in [2.75, 3.05) is 0 Å². The average molecular weight is 342 g/mol. The lowest BCUT2D eigenvalue weighted by molar-refractivity contribution is -0.137. The minimum absolute atomic E-state index is 0.159. The molecule has 2 saturated carbocycles. The van der Waals surface area contributed by atoms with E-state index in [0.29, 0.717) is 42.1 Å². The number of aliphatic carboxylic acids is 1. The van der Waals surface area contributed by atoms with Crippen molar-refractivity contribution in [3.63, 3.8) is 0 Å². The zero-order valence-electron chi connectivity index (χ0n) is 14.7. The second-order valence-corrected chi connectivity index (χ2v) is 8.49. The van der Waals surface area contributed by atoms with Gasteiger partial charge in [0.1, 0.15) is 11.5 Å². The van der Waals surface area contributed by atoms with Crippen LogP contribution in [0.2, 0.25) is 0 Å². The van der Waals surface area contributed by atoms with Gasteiger partial charge in [0, 0.05) is 18.3 Å². The standard InChI is InChI=1S/C21H26O4/c1-21-9-8-16-15-6-4-14(22)10-12(15)2-5-17(16)20(21)13(11-18(21)23)3-7-19(24)25/h4,6,10,13,16-17,20,22H,2-3,5,7-9,11H2,1H3,(H,24,25)/t13-,16?,17?,20?,21-/m1/s1. The molecular weight excluding hydrogens is 316 g/mol. The maximum absolute atomic E-state index is 12.8. The molecule has 1 aromatic rings. The Balaban J connectivity index is 1.67. The average Bonchev–Trinajstić information content (AvgIpc) is 2.83. The zero-order chi connectivity index (χ0) is 17.8. The van der Waals surface area contributed by atoms with Crippen LogP contribution in [-0.4, -0.2) is 22.0 Å². The molecule has 3 aliphatic carbocycles. The number of aryl methyl sites for hydroxylation is 1. The fourth-order valence-electron chi connectivity index (χ4n) is 6.20. The van der Waals surface area contributed by atoms with Crippen molar-refractivity contribution >= 4 is 11.8 Å². The number of benzene rings is 1. The molecular formula is C21H26O4. The van der Waals surface area contributed by atoms with Gasteiger partial charge in [0.2, 0.25) is 0 Å². The molecule has 3 aliphatic rings. The number of ketones is 1. The quantitative estimate of drug-likeness (QED) is 0.873. The van der Waals surface area contributed by atoms with E-state index in [9.17, 15) is 14.7 Å². The molecule has 0 heterocycles. The molecule has 25 heavy (non-hydrogen) atoms. The number of carboxylic acid groups (broad SMARTS) is 1. The smallest absolute Gasteiger partial charge is 0.303 e. The van der Waals surface area contributed by atoms with Crippen molar-refractivity contribution in [2.24, 2.45) is 23.2 Å². The molecule has 4 rings (SSSR count). The molecule has 2 fully saturated rings. The Morgan fingerprint density at radius 1 is 1.32 bits per heavy atom. The minimum Gasteiger partial charge on any atom is -0.508 e. The number of carbonyl (C=O) groups excluding carboxylic acids is 1. The molecule has 0 amide bonds. The highest BCUT2D eigenvalue weighted by molar-refractivity contribution is 5.87. The zero-order valence-corrected chi connectivity index (χ0v) is 14.7. The third-order valence-electron chi connectivity index (χ3n) is 7.28. The molecule has 0 saturated heterocycles. The van der Waals surface area contributed by atoms with Crippen molar-refractivity contribution in [1.29, 1.82) is 0 Å². The number of carboxylic acids is 1. The van der Waals surface area contributed by atoms with Gasteiger partial charge in [0.15, 0.2) is 0 Å². The van der Waals surface area contributed by atoms with Crippen LogP contribution in [0.1, 0.15) is 62.5 Å². The van der Waals surface area contributed by atoms with Crippen LogP contribution in [0.4, 0.5) is 0 Å². The van der Waals surface area contributed by atoms with Crippen LogP contribution in [0.25, 0.3) is 0 Å². The molecule has 1 aromatic carbocycles. The molecule has 134 valence electrons. The van der Waals surface area contributed by atoms with Gasteiger partial charge in [-0.05, 0) is 79.0 Å². The number of fused-ring (bicyclic) bond motifs is 5. The summed E-state index contributed by atoms with van der Waals surface area (Å²) in [7, 11) is 0. The highest BCUT2D eigenvalue weighted by atomic mass is 16.4. The largest absolute Gasteiger partial charge is 0.508 e. The van der Waals surface area contributed by atoms with Crippen LogP contribution in [-0.2, 0) is 16.0 Å². The topological polar surface area (TPSA) is 74.6 Å². The maximum Gasteiger partial charge on any atom is 0.303 e. The van der Waals surface area contributed by atoms with E-state index in [0.717, 1.165) is 25.7 Å². The summed E-state index contributed by atoms with van der Waals surface area (Å²) in [6, 6.07) is 5.73. The highest BCUT2D eigenvalue weighted by Gasteiger charge is 2.58. The maximum atomic E-state index is 12.8. The normalized spacial score (nSPS) is 36.4. The van der Waals surface area contributed by atoms with E-state index in [4.69, 9.17) is 5.11 Å². The number of phenolic OH excluding ortho intramolecular Hbond substituents is 1. The first-order valence-corrected chi connectivity index (χ1v) is 9.47. The Hall–Kier alpha value is -1.84. The van der Waals surface area contributed by atoms with Crippen LogP contribution in [0.3, 0.4) is 0 Å². The van der Waals surface area contributed by atoms with Gasteiger partial charge in [0.25, 0.3) is 0 Å². The predicted molar refractivity (Wildman–Crippen MR) is 93.5 cm³/mol. The molecule has 4 heteroatoms. The van der Waals surface area contributed by atoms with Gasteiger partial charge in [-0.25, -0.2) is 0 Å². The first kappa shape index (κ1) is 16.6. The summed E-state index contributed by atoms with van der Waals surface area (Å²) >= 11 is 0. The summed E-state index contributed by atoms with van der Waals surface area (Å²) in [5.41, 5.74) is 2.32. The number of hydrogen-bond acceptors (Lipinski definition) is 3. The number of hydrogen-bond donors (Lipinski definition) is 2. The van der Waals surface area contributed by atoms with Crippen molar-refractivity contribution in [3.8, 4) is 5.75 Å². The molecule has 4 nitrogen and oxygen atoms in total. The van der Waals surface area contributed by atoms with Gasteiger partial charge in [0.05, 0.1) is 0 Å². The fraction of sp³-hybridized carbons (Fsp3) is 0.619. The highest BCUT2D eigenvalue weighted by Crippen LogP contribution is 2.62. The number of aromatic hydroxyl groups is 1. The van der Waals surface area contributed by atoms with Gasteiger partial charge in [-0.3, -0.25) is 9.59 Å². The summed E-state index contributed by atoms with van der Waals surface area (Å²) in [4.78, 5) is 23.8. The lowest BCUT2D eigenvalue weighted by Crippen LogP contribution is -2.44. The van der Waals surface area contributed by atoms with Gasteiger partial charge in [-0.15, -0.1) is 0 Å². The monoisotopic (exact) mass is 342 g/mol. The van der Waals surface area contributed by atoms with Crippen LogP contribution in [0.15, 0.2) is 18.2 Å². The summed E-state index contributed by atoms with van der Waals surface area (Å²) in [5.74, 6) is 1.33. The Morgan fingerprint density at radius 3 is 2.88 bits per heavy atom. The summed E-state index contributed by atoms with van der Waals surface area (Å²) in [6.45, 7) is 2.13. The molecule has 0 aliphatic heterocycles. The molecule has 0 bridgehead atoms. The number of rotatable bonds is 3. The molecule has 5 atom stereocenters. The molecule has 2 N–H and O–H groups in total. The molecule has 0 radical (unpaired) electrons. The number of phenols is 1. The second kappa shape index (κ2) is 5.86. The van der Waals surface area contributed by atoms with E-state index in [1.807, 2.05) is 6.07 Å². The number of carbonyl (C=O) groups is 2. The van der Waals surface area contributed by atoms with Gasteiger partial charge in [-0.2, -0.15) is 0 Å². The summed E-state index contributed by atoms with van der Waals surface area (Å²) in [5, 5.41) is 18.9. The third kappa shape index (κ3) is 2.57. The van der Waals surface area contributed by atoms with Gasteiger partial charge < -0.3 is 10.2 Å². The van der Waals surface area contributed by atoms with E-state index in [2.05, 4.69) is 13.0 Å². The van der Waals surface area contributed by atoms with E-state index in [1.54, 1.807) is 6.07 Å². The van der Waals surface area contributed by atoms with E-state index in [1.165, 1.54) is 11.1 Å². The van der Waals surface area contributed by atoms with Crippen LogP contribution in [0, 0.1) is 23.2 Å². The summed E-state index contributed by atoms with van der Waals surface area (Å²) in [6.07, 6.45) is 5.24. The third-order valence-corrected chi connectivity index (χ3v) is 7.28. The van der Waals surface area contributed by atoms with Crippen molar-refractivity contribution in [2.45, 2.75) is 57.8 Å². The van der Waals surface area contributed by atoms with Crippen molar-refractivity contribution in [1.82, 2.24) is 0 Å².